The number of para-hydroxylation sites is 2. The van der Waals surface area contributed by atoms with Gasteiger partial charge < -0.3 is 10.3 Å². The van der Waals surface area contributed by atoms with Crippen molar-refractivity contribution in [3.05, 3.63) is 89.5 Å². The highest BCUT2D eigenvalue weighted by Crippen LogP contribution is 2.21. The average Bonchev–Trinajstić information content (AvgIpc) is 3.37. The van der Waals surface area contributed by atoms with Crippen LogP contribution >= 0.6 is 0 Å². The maximum atomic E-state index is 12.6. The van der Waals surface area contributed by atoms with Crippen molar-refractivity contribution in [2.75, 3.05) is 0 Å². The number of imidazole rings is 1. The van der Waals surface area contributed by atoms with Crippen molar-refractivity contribution in [3.63, 3.8) is 0 Å². The fraction of sp³-hybridized carbons (Fsp3) is 0.125. The van der Waals surface area contributed by atoms with Gasteiger partial charge in [-0.15, -0.1) is 0 Å². The van der Waals surface area contributed by atoms with E-state index < -0.39 is 0 Å². The molecule has 3 aromatic heterocycles. The van der Waals surface area contributed by atoms with Crippen LogP contribution in [-0.4, -0.2) is 25.4 Å². The molecule has 30 heavy (non-hydrogen) atoms. The van der Waals surface area contributed by atoms with E-state index in [2.05, 4.69) is 46.2 Å². The third-order valence-corrected chi connectivity index (χ3v) is 5.30. The van der Waals surface area contributed by atoms with Gasteiger partial charge in [-0.3, -0.25) is 9.36 Å². The molecule has 3 heterocycles. The second-order valence-electron chi connectivity index (χ2n) is 7.54. The van der Waals surface area contributed by atoms with Crippen LogP contribution in [0.1, 0.15) is 27.2 Å². The van der Waals surface area contributed by atoms with Gasteiger partial charge in [0.25, 0.3) is 5.91 Å². The first-order chi connectivity index (χ1) is 14.6. The highest BCUT2D eigenvalue weighted by Gasteiger charge is 2.11. The van der Waals surface area contributed by atoms with Crippen LogP contribution in [0.25, 0.3) is 27.8 Å². The molecular weight excluding hydrogens is 374 g/mol. The molecule has 2 N–H and O–H groups in total. The predicted molar refractivity (Wildman–Crippen MR) is 118 cm³/mol. The molecule has 148 valence electrons. The maximum Gasteiger partial charge on any atom is 0.267 e. The third-order valence-electron chi connectivity index (χ3n) is 5.30. The van der Waals surface area contributed by atoms with Crippen molar-refractivity contribution >= 4 is 27.8 Å². The summed E-state index contributed by atoms with van der Waals surface area (Å²) in [6.45, 7) is 4.52. The molecule has 0 aliphatic heterocycles. The number of hydrogen-bond acceptors (Lipinski definition) is 3. The number of pyridine rings is 1. The molecule has 5 aromatic rings. The SMILES string of the molecule is Cc1cc(C)c2cc(C(=O)NCc3ccc(-n4cnc5ccccc54)nc3)[nH]c2c1. The Morgan fingerprint density at radius 1 is 1.07 bits per heavy atom. The first-order valence-corrected chi connectivity index (χ1v) is 9.84. The van der Waals surface area contributed by atoms with Gasteiger partial charge in [-0.2, -0.15) is 0 Å². The predicted octanol–water partition coefficient (Wildman–Crippen LogP) is 4.45. The van der Waals surface area contributed by atoms with Gasteiger partial charge in [0.1, 0.15) is 17.8 Å². The minimum atomic E-state index is -0.132. The molecule has 0 bridgehead atoms. The number of nitrogens with zero attached hydrogens (tertiary/aromatic N) is 3. The van der Waals surface area contributed by atoms with Crippen molar-refractivity contribution in [2.24, 2.45) is 0 Å². The summed E-state index contributed by atoms with van der Waals surface area (Å²) in [7, 11) is 0. The lowest BCUT2D eigenvalue weighted by molar-refractivity contribution is 0.0946. The van der Waals surface area contributed by atoms with Crippen LogP contribution in [0.15, 0.2) is 67.1 Å². The Morgan fingerprint density at radius 2 is 1.93 bits per heavy atom. The standard InChI is InChI=1S/C24H21N5O/c1-15-9-16(2)18-11-21(28-20(18)10-15)24(30)26-13-17-7-8-23(25-12-17)29-14-27-19-5-3-4-6-22(19)29/h3-12,14,28H,13H2,1-2H3,(H,26,30). The molecule has 0 aliphatic carbocycles. The molecular formula is C24H21N5O. The molecule has 0 saturated heterocycles. The molecule has 0 fully saturated rings. The lowest BCUT2D eigenvalue weighted by Crippen LogP contribution is -2.23. The summed E-state index contributed by atoms with van der Waals surface area (Å²) in [5, 5.41) is 4.04. The number of fused-ring (bicyclic) bond motifs is 2. The Hall–Kier alpha value is -3.93. The molecule has 0 saturated carbocycles. The summed E-state index contributed by atoms with van der Waals surface area (Å²) in [6.07, 6.45) is 3.55. The molecule has 0 radical (unpaired) electrons. The molecule has 6 heteroatoms. The van der Waals surface area contributed by atoms with Gasteiger partial charge in [0.2, 0.25) is 0 Å². The lowest BCUT2D eigenvalue weighted by atomic mass is 10.1. The van der Waals surface area contributed by atoms with E-state index in [1.165, 1.54) is 5.56 Å². The average molecular weight is 395 g/mol. The van der Waals surface area contributed by atoms with E-state index in [0.29, 0.717) is 12.2 Å². The number of aryl methyl sites for hydroxylation is 2. The van der Waals surface area contributed by atoms with E-state index in [1.54, 1.807) is 12.5 Å². The second-order valence-corrected chi connectivity index (χ2v) is 7.54. The minimum absolute atomic E-state index is 0.132. The van der Waals surface area contributed by atoms with Gasteiger partial charge in [0, 0.05) is 23.6 Å². The largest absolute Gasteiger partial charge is 0.351 e. The molecule has 0 atom stereocenters. The third kappa shape index (κ3) is 3.22. The molecule has 2 aromatic carbocycles. The van der Waals surface area contributed by atoms with Crippen LogP contribution in [0.5, 0.6) is 0 Å². The molecule has 0 spiro atoms. The number of nitrogens with one attached hydrogen (secondary N) is 2. The fourth-order valence-electron chi connectivity index (χ4n) is 3.80. The van der Waals surface area contributed by atoms with Gasteiger partial charge in [-0.05, 0) is 60.9 Å². The van der Waals surface area contributed by atoms with Crippen LogP contribution in [0.4, 0.5) is 0 Å². The maximum absolute atomic E-state index is 12.6. The Kier molecular flexibility index (Phi) is 4.32. The van der Waals surface area contributed by atoms with Crippen LogP contribution in [0.2, 0.25) is 0 Å². The summed E-state index contributed by atoms with van der Waals surface area (Å²) in [6, 6.07) is 17.9. The lowest BCUT2D eigenvalue weighted by Gasteiger charge is -2.06. The highest BCUT2D eigenvalue weighted by molar-refractivity contribution is 5.99. The van der Waals surface area contributed by atoms with Crippen LogP contribution in [0, 0.1) is 13.8 Å². The monoisotopic (exact) mass is 395 g/mol. The number of amides is 1. The normalized spacial score (nSPS) is 11.3. The van der Waals surface area contributed by atoms with Crippen molar-refractivity contribution in [2.45, 2.75) is 20.4 Å². The number of carbonyl (C=O) groups is 1. The zero-order valence-electron chi connectivity index (χ0n) is 16.8. The first-order valence-electron chi connectivity index (χ1n) is 9.84. The van der Waals surface area contributed by atoms with E-state index >= 15 is 0 Å². The van der Waals surface area contributed by atoms with E-state index in [4.69, 9.17) is 0 Å². The molecule has 0 aliphatic rings. The Balaban J connectivity index is 1.31. The topological polar surface area (TPSA) is 75.6 Å². The van der Waals surface area contributed by atoms with E-state index in [9.17, 15) is 4.79 Å². The van der Waals surface area contributed by atoms with Gasteiger partial charge in [-0.25, -0.2) is 9.97 Å². The number of aromatic amines is 1. The first kappa shape index (κ1) is 18.1. The summed E-state index contributed by atoms with van der Waals surface area (Å²) < 4.78 is 1.95. The molecule has 5 rings (SSSR count). The van der Waals surface area contributed by atoms with Crippen LogP contribution < -0.4 is 5.32 Å². The van der Waals surface area contributed by atoms with E-state index in [-0.39, 0.29) is 5.91 Å². The van der Waals surface area contributed by atoms with Crippen LogP contribution in [-0.2, 0) is 6.54 Å². The van der Waals surface area contributed by atoms with Gasteiger partial charge >= 0.3 is 0 Å². The number of carbonyl (C=O) groups excluding carboxylic acids is 1. The van der Waals surface area contributed by atoms with Crippen molar-refractivity contribution in [1.29, 1.82) is 0 Å². The Morgan fingerprint density at radius 3 is 2.77 bits per heavy atom. The van der Waals surface area contributed by atoms with Gasteiger partial charge in [-0.1, -0.05) is 24.3 Å². The van der Waals surface area contributed by atoms with E-state index in [1.807, 2.05) is 47.0 Å². The fourth-order valence-corrected chi connectivity index (χ4v) is 3.80. The number of aromatic nitrogens is 4. The molecule has 1 amide bonds. The number of H-pyrrole nitrogens is 1. The second kappa shape index (κ2) is 7.15. The summed E-state index contributed by atoms with van der Waals surface area (Å²) >= 11 is 0. The number of hydrogen-bond donors (Lipinski definition) is 2. The van der Waals surface area contributed by atoms with Gasteiger partial charge in [0.15, 0.2) is 0 Å². The molecule has 0 unspecified atom stereocenters. The quantitative estimate of drug-likeness (QED) is 0.472. The van der Waals surface area contributed by atoms with Crippen LogP contribution in [0.3, 0.4) is 0 Å². The summed E-state index contributed by atoms with van der Waals surface area (Å²) in [5.74, 6) is 0.660. The Bertz CT molecular complexity index is 1380. The summed E-state index contributed by atoms with van der Waals surface area (Å²) in [5.41, 5.74) is 6.75. The zero-order valence-corrected chi connectivity index (χ0v) is 16.8. The van der Waals surface area contributed by atoms with E-state index in [0.717, 1.165) is 38.9 Å². The zero-order chi connectivity index (χ0) is 20.7. The Labute approximate surface area is 173 Å². The summed E-state index contributed by atoms with van der Waals surface area (Å²) in [4.78, 5) is 24.8. The van der Waals surface area contributed by atoms with Crippen molar-refractivity contribution < 1.29 is 4.79 Å². The van der Waals surface area contributed by atoms with Crippen molar-refractivity contribution in [3.8, 4) is 5.82 Å². The smallest absolute Gasteiger partial charge is 0.267 e. The molecule has 6 nitrogen and oxygen atoms in total. The van der Waals surface area contributed by atoms with Crippen molar-refractivity contribution in [1.82, 2.24) is 24.8 Å². The highest BCUT2D eigenvalue weighted by atomic mass is 16.1. The number of benzene rings is 2. The van der Waals surface area contributed by atoms with Gasteiger partial charge in [0.05, 0.1) is 11.0 Å². The number of rotatable bonds is 4. The minimum Gasteiger partial charge on any atom is -0.351 e.